The summed E-state index contributed by atoms with van der Waals surface area (Å²) >= 11 is 0. The summed E-state index contributed by atoms with van der Waals surface area (Å²) in [5.41, 5.74) is 1.54. The molecule has 2 N–H and O–H groups in total. The molecule has 0 bridgehead atoms. The van der Waals surface area contributed by atoms with Gasteiger partial charge < -0.3 is 10.2 Å². The number of allylic oxidation sites excluding steroid dienone is 2. The second kappa shape index (κ2) is 8.32. The molecule has 0 aromatic carbocycles. The topological polar surface area (TPSA) is 40.5 Å². The molecule has 176 valence electrons. The van der Waals surface area contributed by atoms with Crippen LogP contribution in [0, 0.1) is 46.3 Å². The third-order valence-corrected chi connectivity index (χ3v) is 11.0. The van der Waals surface area contributed by atoms with E-state index in [1.165, 1.54) is 32.1 Å². The second-order valence-corrected chi connectivity index (χ2v) is 12.9. The van der Waals surface area contributed by atoms with E-state index < -0.39 is 5.60 Å². The Balaban J connectivity index is 1.52. The van der Waals surface area contributed by atoms with E-state index >= 15 is 0 Å². The highest BCUT2D eigenvalue weighted by Gasteiger charge is 2.61. The molecule has 0 spiro atoms. The summed E-state index contributed by atoms with van der Waals surface area (Å²) in [6.07, 6.45) is 15.7. The van der Waals surface area contributed by atoms with Crippen molar-refractivity contribution in [1.82, 2.24) is 0 Å². The number of hydrogen-bond acceptors (Lipinski definition) is 2. The van der Waals surface area contributed by atoms with Crippen LogP contribution in [0.3, 0.4) is 0 Å². The van der Waals surface area contributed by atoms with E-state index in [2.05, 4.69) is 53.3 Å². The predicted molar refractivity (Wildman–Crippen MR) is 130 cm³/mol. The fourth-order valence-electron chi connectivity index (χ4n) is 9.02. The van der Waals surface area contributed by atoms with Crippen molar-refractivity contribution >= 4 is 0 Å². The Morgan fingerprint density at radius 1 is 1.16 bits per heavy atom. The van der Waals surface area contributed by atoms with Crippen molar-refractivity contribution in [3.8, 4) is 0 Å². The lowest BCUT2D eigenvalue weighted by Crippen LogP contribution is -2.53. The minimum absolute atomic E-state index is 0.124. The molecule has 4 aliphatic rings. The van der Waals surface area contributed by atoms with Gasteiger partial charge in [0, 0.05) is 0 Å². The van der Waals surface area contributed by atoms with Crippen LogP contribution >= 0.6 is 0 Å². The van der Waals surface area contributed by atoms with E-state index in [0.717, 1.165) is 49.9 Å². The summed E-state index contributed by atoms with van der Waals surface area (Å²) in [6.45, 7) is 15.8. The van der Waals surface area contributed by atoms with Gasteiger partial charge in [-0.1, -0.05) is 45.4 Å². The molecule has 4 aliphatic carbocycles. The monoisotopic (exact) mass is 428 g/mol. The standard InChI is InChI=1S/C29H48O2/c1-7-20(19(2)3)12-17-29(6,31)26-11-10-24-23-9-8-21-18-22(30)13-15-27(21,4)25(23)14-16-28(24,26)5/h7-8,19-20,22-26,30-31H,1,9-18H2,2-6H3/t20-,22+,23+,24+,25+,26+,27+,28+,29+/m1/s1. The van der Waals surface area contributed by atoms with Crippen LogP contribution in [0.4, 0.5) is 0 Å². The van der Waals surface area contributed by atoms with Crippen molar-refractivity contribution in [3.63, 3.8) is 0 Å². The van der Waals surface area contributed by atoms with Crippen LogP contribution in [0.25, 0.3) is 0 Å². The maximum absolute atomic E-state index is 11.7. The Labute approximate surface area is 191 Å². The molecule has 9 atom stereocenters. The first-order chi connectivity index (χ1) is 14.5. The highest BCUT2D eigenvalue weighted by molar-refractivity contribution is 5.25. The number of fused-ring (bicyclic) bond motifs is 5. The van der Waals surface area contributed by atoms with Gasteiger partial charge in [-0.3, -0.25) is 0 Å². The highest BCUT2D eigenvalue weighted by Crippen LogP contribution is 2.67. The average molecular weight is 429 g/mol. The molecule has 2 heteroatoms. The second-order valence-electron chi connectivity index (χ2n) is 12.9. The SMILES string of the molecule is C=C[C@H](CC[C@](C)(O)[C@H]1CC[C@H]2[C@@H]3CC=C4C[C@@H](O)CC[C@]4(C)[C@H]3CC[C@@]21C)C(C)C. The number of aliphatic hydroxyl groups excluding tert-OH is 1. The summed E-state index contributed by atoms with van der Waals surface area (Å²) in [7, 11) is 0. The minimum Gasteiger partial charge on any atom is -0.393 e. The average Bonchev–Trinajstić information content (AvgIpc) is 3.07. The first-order valence-corrected chi connectivity index (χ1v) is 13.3. The van der Waals surface area contributed by atoms with Gasteiger partial charge in [0.15, 0.2) is 0 Å². The molecule has 0 unspecified atom stereocenters. The van der Waals surface area contributed by atoms with Gasteiger partial charge in [-0.2, -0.15) is 0 Å². The van der Waals surface area contributed by atoms with Crippen LogP contribution in [0.2, 0.25) is 0 Å². The molecule has 0 radical (unpaired) electrons. The lowest BCUT2D eigenvalue weighted by Gasteiger charge is -2.59. The van der Waals surface area contributed by atoms with E-state index in [9.17, 15) is 10.2 Å². The molecule has 0 amide bonds. The summed E-state index contributed by atoms with van der Waals surface area (Å²) < 4.78 is 0. The molecule has 0 saturated heterocycles. The van der Waals surface area contributed by atoms with Crippen LogP contribution < -0.4 is 0 Å². The van der Waals surface area contributed by atoms with Crippen LogP contribution in [-0.4, -0.2) is 21.9 Å². The lowest BCUT2D eigenvalue weighted by atomic mass is 9.46. The molecule has 0 aliphatic heterocycles. The Kier molecular flexibility index (Phi) is 6.32. The van der Waals surface area contributed by atoms with Gasteiger partial charge in [-0.25, -0.2) is 0 Å². The normalized spacial score (nSPS) is 45.2. The third-order valence-electron chi connectivity index (χ3n) is 11.0. The van der Waals surface area contributed by atoms with E-state index in [4.69, 9.17) is 0 Å². The van der Waals surface area contributed by atoms with Gasteiger partial charge in [0.25, 0.3) is 0 Å². The van der Waals surface area contributed by atoms with Gasteiger partial charge >= 0.3 is 0 Å². The summed E-state index contributed by atoms with van der Waals surface area (Å²) in [5, 5.41) is 22.0. The molecule has 0 heterocycles. The van der Waals surface area contributed by atoms with Crippen molar-refractivity contribution in [2.24, 2.45) is 46.3 Å². The number of aliphatic hydroxyl groups is 2. The Morgan fingerprint density at radius 3 is 2.58 bits per heavy atom. The largest absolute Gasteiger partial charge is 0.393 e. The Hall–Kier alpha value is -0.600. The molecule has 31 heavy (non-hydrogen) atoms. The molecule has 2 nitrogen and oxygen atoms in total. The van der Waals surface area contributed by atoms with Gasteiger partial charge in [0.1, 0.15) is 0 Å². The van der Waals surface area contributed by atoms with E-state index in [1.807, 2.05) is 0 Å². The fourth-order valence-corrected chi connectivity index (χ4v) is 9.02. The van der Waals surface area contributed by atoms with Crippen LogP contribution in [0.1, 0.15) is 98.8 Å². The molecular formula is C29H48O2. The minimum atomic E-state index is -0.582. The first kappa shape index (κ1) is 23.6. The Morgan fingerprint density at radius 2 is 1.90 bits per heavy atom. The quantitative estimate of drug-likeness (QED) is 0.451. The summed E-state index contributed by atoms with van der Waals surface area (Å²) in [4.78, 5) is 0. The van der Waals surface area contributed by atoms with Gasteiger partial charge in [0.05, 0.1) is 11.7 Å². The van der Waals surface area contributed by atoms with Crippen molar-refractivity contribution in [2.75, 3.05) is 0 Å². The molecule has 0 aromatic rings. The highest BCUT2D eigenvalue weighted by atomic mass is 16.3. The van der Waals surface area contributed by atoms with Crippen LogP contribution in [0.15, 0.2) is 24.3 Å². The zero-order chi connectivity index (χ0) is 22.6. The van der Waals surface area contributed by atoms with E-state index in [-0.39, 0.29) is 11.5 Å². The van der Waals surface area contributed by atoms with Gasteiger partial charge in [-0.15, -0.1) is 6.58 Å². The van der Waals surface area contributed by atoms with Gasteiger partial charge in [-0.05, 0) is 117 Å². The summed E-state index contributed by atoms with van der Waals surface area (Å²) in [5.74, 6) is 3.77. The third kappa shape index (κ3) is 3.88. The molecule has 4 rings (SSSR count). The molecule has 3 saturated carbocycles. The van der Waals surface area contributed by atoms with E-state index in [0.29, 0.717) is 23.2 Å². The molecular weight excluding hydrogens is 380 g/mol. The van der Waals surface area contributed by atoms with E-state index in [1.54, 1.807) is 5.57 Å². The van der Waals surface area contributed by atoms with Crippen LogP contribution in [-0.2, 0) is 0 Å². The lowest BCUT2D eigenvalue weighted by molar-refractivity contribution is -0.106. The maximum atomic E-state index is 11.7. The first-order valence-electron chi connectivity index (χ1n) is 13.3. The Bertz CT molecular complexity index is 706. The van der Waals surface area contributed by atoms with Gasteiger partial charge in [0.2, 0.25) is 0 Å². The van der Waals surface area contributed by atoms with Crippen LogP contribution in [0.5, 0.6) is 0 Å². The number of hydrogen-bond donors (Lipinski definition) is 2. The molecule has 3 fully saturated rings. The zero-order valence-corrected chi connectivity index (χ0v) is 20.9. The van der Waals surface area contributed by atoms with Crippen molar-refractivity contribution in [2.45, 2.75) is 111 Å². The fraction of sp³-hybridized carbons (Fsp3) is 0.862. The smallest absolute Gasteiger partial charge is 0.0653 e. The maximum Gasteiger partial charge on any atom is 0.0653 e. The van der Waals surface area contributed by atoms with Crippen molar-refractivity contribution < 1.29 is 10.2 Å². The zero-order valence-electron chi connectivity index (χ0n) is 20.9. The predicted octanol–water partition coefficient (Wildman–Crippen LogP) is 6.92. The summed E-state index contributed by atoms with van der Waals surface area (Å²) in [6, 6.07) is 0. The number of rotatable bonds is 6. The van der Waals surface area contributed by atoms with Crippen molar-refractivity contribution in [3.05, 3.63) is 24.3 Å². The van der Waals surface area contributed by atoms with Crippen molar-refractivity contribution in [1.29, 1.82) is 0 Å². The molecule has 0 aromatic heterocycles.